The van der Waals surface area contributed by atoms with Gasteiger partial charge in [0.1, 0.15) is 42.4 Å². The second-order valence-corrected chi connectivity index (χ2v) is 14.7. The van der Waals surface area contributed by atoms with Gasteiger partial charge in [0.15, 0.2) is 41.3 Å². The number of nitrogens with one attached hydrogen (secondary N) is 1. The van der Waals surface area contributed by atoms with Gasteiger partial charge in [-0.25, -0.2) is 28.9 Å². The number of hydrogen-bond acceptors (Lipinski definition) is 17. The summed E-state index contributed by atoms with van der Waals surface area (Å²) < 4.78 is 66.6. The lowest BCUT2D eigenvalue weighted by molar-refractivity contribution is -0.0546. The van der Waals surface area contributed by atoms with E-state index in [1.165, 1.54) is 28.1 Å². The summed E-state index contributed by atoms with van der Waals surface area (Å²) in [5, 5.41) is 11.1. The third-order valence-electron chi connectivity index (χ3n) is 7.18. The second kappa shape index (κ2) is 11.4. The largest absolute Gasteiger partial charge is 0.387 e. The van der Waals surface area contributed by atoms with Crippen LogP contribution in [0.2, 0.25) is 0 Å². The van der Waals surface area contributed by atoms with E-state index in [4.69, 9.17) is 39.0 Å². The summed E-state index contributed by atoms with van der Waals surface area (Å²) in [5.74, 6) is -0.0899. The maximum absolute atomic E-state index is 16.0. The maximum Gasteiger partial charge on any atom is 0.386 e. The predicted molar refractivity (Wildman–Crippen MR) is 155 cm³/mol. The normalized spacial score (nSPS) is 36.6. The average molecular weight is 693 g/mol. The van der Waals surface area contributed by atoms with Gasteiger partial charge in [-0.3, -0.25) is 28.0 Å². The van der Waals surface area contributed by atoms with Crippen molar-refractivity contribution < 1.29 is 41.6 Å². The molecule has 3 aliphatic heterocycles. The molecule has 10 atom stereocenters. The minimum atomic E-state index is -4.32. The highest BCUT2D eigenvalue weighted by Gasteiger charge is 2.52. The van der Waals surface area contributed by atoms with Crippen LogP contribution < -0.4 is 17.0 Å². The third-order valence-corrected chi connectivity index (χ3v) is 10.2. The number of alkyl halides is 1. The van der Waals surface area contributed by atoms with E-state index < -0.39 is 75.7 Å². The number of aliphatic hydroxyl groups is 1. The first-order valence-electron chi connectivity index (χ1n) is 12.7. The highest BCUT2D eigenvalue weighted by Crippen LogP contribution is 2.58. The van der Waals surface area contributed by atoms with Crippen molar-refractivity contribution in [2.45, 2.75) is 49.1 Å². The molecular formula is C20H23FN10O9P2S2. The highest BCUT2D eigenvalue weighted by molar-refractivity contribution is 8.44. The smallest absolute Gasteiger partial charge is 0.386 e. The van der Waals surface area contributed by atoms with Crippen molar-refractivity contribution in [1.82, 2.24) is 39.0 Å². The number of aromatic amines is 1. The van der Waals surface area contributed by atoms with E-state index in [9.17, 15) is 14.5 Å². The Hall–Kier alpha value is -2.49. The first-order chi connectivity index (χ1) is 21.0. The van der Waals surface area contributed by atoms with Crippen LogP contribution in [0, 0.1) is 0 Å². The van der Waals surface area contributed by atoms with Gasteiger partial charge in [0.2, 0.25) is 13.5 Å². The fourth-order valence-electron chi connectivity index (χ4n) is 5.18. The molecule has 0 aliphatic carbocycles. The van der Waals surface area contributed by atoms with E-state index in [1.807, 2.05) is 0 Å². The number of aromatic nitrogens is 8. The van der Waals surface area contributed by atoms with Crippen LogP contribution in [0.5, 0.6) is 0 Å². The van der Waals surface area contributed by atoms with E-state index in [0.717, 1.165) is 0 Å². The lowest BCUT2D eigenvalue weighted by Gasteiger charge is -2.26. The SMILES string of the molecule is Nc1nc2c(ncn2C2OC3CO[P@@](=O)(S)OC4C(CO[P@@](S)OC2C3O)OC(n2cnc3c(N)ncnc32)C4F)c(=O)[nH]1. The van der Waals surface area contributed by atoms with Crippen molar-refractivity contribution >= 4 is 73.0 Å². The van der Waals surface area contributed by atoms with Gasteiger partial charge in [0.05, 0.1) is 25.9 Å². The number of thiol groups is 2. The number of halogens is 1. The Kier molecular flexibility index (Phi) is 7.81. The van der Waals surface area contributed by atoms with Crippen molar-refractivity contribution in [3.63, 3.8) is 0 Å². The molecule has 236 valence electrons. The summed E-state index contributed by atoms with van der Waals surface area (Å²) in [6, 6.07) is 0. The molecule has 0 saturated carbocycles. The van der Waals surface area contributed by atoms with Gasteiger partial charge in [0.25, 0.3) is 5.56 Å². The highest BCUT2D eigenvalue weighted by atomic mass is 32.7. The molecule has 8 unspecified atom stereocenters. The number of nitrogen functional groups attached to an aromatic ring is 2. The Bertz CT molecular complexity index is 1830. The molecule has 0 aromatic carbocycles. The van der Waals surface area contributed by atoms with Crippen LogP contribution >= 0.6 is 38.9 Å². The topological polar surface area (TPSA) is 252 Å². The van der Waals surface area contributed by atoms with Crippen molar-refractivity contribution in [3.05, 3.63) is 29.3 Å². The lowest BCUT2D eigenvalue weighted by Crippen LogP contribution is -2.34. The van der Waals surface area contributed by atoms with Crippen LogP contribution in [0.25, 0.3) is 22.3 Å². The second-order valence-electron chi connectivity index (χ2n) is 9.86. The van der Waals surface area contributed by atoms with Gasteiger partial charge in [-0.2, -0.15) is 4.98 Å². The molecule has 4 aromatic rings. The summed E-state index contributed by atoms with van der Waals surface area (Å²) in [6.45, 7) is -5.19. The van der Waals surface area contributed by atoms with Crippen molar-refractivity contribution in [3.8, 4) is 0 Å². The molecule has 0 amide bonds. The molecule has 4 aromatic heterocycles. The Labute approximate surface area is 256 Å². The zero-order chi connectivity index (χ0) is 30.9. The third kappa shape index (κ3) is 5.26. The molecular weight excluding hydrogens is 669 g/mol. The van der Waals surface area contributed by atoms with Gasteiger partial charge in [-0.05, 0) is 0 Å². The molecule has 7 rings (SSSR count). The molecule has 44 heavy (non-hydrogen) atoms. The number of hydrogen-bond donors (Lipinski definition) is 6. The standard InChI is InChI=1S/C20H23FN10O9P2S2/c21-8-12-7(38-18(8)30-4-26-9-14(22)24-3-25-15(9)30)1-35-41(43)39-13-11(32)6(2-36-42(34,44)40-12)37-19(13)31-5-27-10-16(31)28-20(23)29-17(10)33/h3-8,11-13,18-19,32,43H,1-2H2,(H,34,44)(H2,22,24,25)(H3,23,28,29,33)/t6?,7?,8?,11?,12?,13?,18?,19?,41-,42-/m1/s1. The Morgan fingerprint density at radius 1 is 1.05 bits per heavy atom. The van der Waals surface area contributed by atoms with Crippen LogP contribution in [0.4, 0.5) is 16.2 Å². The number of imidazole rings is 2. The molecule has 0 spiro atoms. The van der Waals surface area contributed by atoms with Gasteiger partial charge < -0.3 is 35.1 Å². The molecule has 6 N–H and O–H groups in total. The lowest BCUT2D eigenvalue weighted by atomic mass is 10.1. The van der Waals surface area contributed by atoms with Crippen molar-refractivity contribution in [2.24, 2.45) is 0 Å². The number of H-pyrrole nitrogens is 1. The zero-order valence-corrected chi connectivity index (χ0v) is 25.5. The fraction of sp³-hybridized carbons (Fsp3) is 0.500. The van der Waals surface area contributed by atoms with Crippen LogP contribution in [0.1, 0.15) is 12.5 Å². The number of anilines is 2. The molecule has 3 saturated heterocycles. The molecule has 24 heteroatoms. The number of nitrogens with zero attached hydrogens (tertiary/aromatic N) is 7. The summed E-state index contributed by atoms with van der Waals surface area (Å²) >= 11 is 8.43. The Morgan fingerprint density at radius 3 is 2.57 bits per heavy atom. The van der Waals surface area contributed by atoms with Gasteiger partial charge >= 0.3 is 6.80 Å². The Balaban J connectivity index is 1.18. The maximum atomic E-state index is 16.0. The predicted octanol–water partition coefficient (Wildman–Crippen LogP) is 0.629. The van der Waals surface area contributed by atoms with Gasteiger partial charge in [-0.15, -0.1) is 0 Å². The van der Waals surface area contributed by atoms with E-state index in [-0.39, 0.29) is 40.7 Å². The summed E-state index contributed by atoms with van der Waals surface area (Å²) in [4.78, 5) is 35.0. The van der Waals surface area contributed by atoms with Gasteiger partial charge in [-0.1, -0.05) is 24.5 Å². The molecule has 7 heterocycles. The minimum absolute atomic E-state index is 0.0395. The average Bonchev–Trinajstić information content (AvgIpc) is 3.72. The zero-order valence-electron chi connectivity index (χ0n) is 21.9. The van der Waals surface area contributed by atoms with Gasteiger partial charge in [0, 0.05) is 0 Å². The van der Waals surface area contributed by atoms with Crippen LogP contribution in [0.15, 0.2) is 23.8 Å². The van der Waals surface area contributed by atoms with Crippen molar-refractivity contribution in [2.75, 3.05) is 24.7 Å². The number of nitrogens with two attached hydrogens (primary N) is 2. The Morgan fingerprint density at radius 2 is 1.77 bits per heavy atom. The molecule has 2 bridgehead atoms. The minimum Gasteiger partial charge on any atom is -0.387 e. The van der Waals surface area contributed by atoms with Crippen molar-refractivity contribution in [1.29, 1.82) is 0 Å². The van der Waals surface area contributed by atoms with E-state index in [2.05, 4.69) is 54.4 Å². The number of rotatable bonds is 2. The van der Waals surface area contributed by atoms with Crippen LogP contribution in [-0.4, -0.2) is 94.0 Å². The summed E-state index contributed by atoms with van der Waals surface area (Å²) in [7, 11) is -2.09. The molecule has 3 fully saturated rings. The molecule has 19 nitrogen and oxygen atoms in total. The number of ether oxygens (including phenoxy) is 2. The van der Waals surface area contributed by atoms with Crippen LogP contribution in [0.3, 0.4) is 0 Å². The van der Waals surface area contributed by atoms with Crippen LogP contribution in [-0.2, 0) is 32.1 Å². The number of fused-ring (bicyclic) bond motifs is 5. The number of aliphatic hydroxyl groups excluding tert-OH is 1. The quantitative estimate of drug-likeness (QED) is 0.124. The van der Waals surface area contributed by atoms with E-state index in [0.29, 0.717) is 0 Å². The van der Waals surface area contributed by atoms with E-state index >= 15 is 4.39 Å². The first kappa shape index (κ1) is 30.2. The van der Waals surface area contributed by atoms with E-state index in [1.54, 1.807) is 0 Å². The first-order valence-corrected chi connectivity index (χ1v) is 17.8. The summed E-state index contributed by atoms with van der Waals surface area (Å²) in [6.07, 6.45) is -7.09. The molecule has 3 aliphatic rings. The molecule has 0 radical (unpaired) electrons. The fourth-order valence-corrected chi connectivity index (χ4v) is 7.96. The summed E-state index contributed by atoms with van der Waals surface area (Å²) in [5.41, 5.74) is 11.4. The monoisotopic (exact) mass is 692 g/mol.